The molecule has 1 atom stereocenters. The number of hydrogen-bond acceptors (Lipinski definition) is 4. The fourth-order valence-corrected chi connectivity index (χ4v) is 3.05. The van der Waals surface area contributed by atoms with Crippen LogP contribution in [0.25, 0.3) is 0 Å². The van der Waals surface area contributed by atoms with Gasteiger partial charge in [0, 0.05) is 31.2 Å². The molecule has 0 saturated heterocycles. The minimum absolute atomic E-state index is 0.248. The molecule has 0 spiro atoms. The van der Waals surface area contributed by atoms with E-state index in [9.17, 15) is 8.42 Å². The SMILES string of the molecule is CNc1ccc(S(=O)(=O)NC(C)c2ccncc2)cc1. The molecule has 2 aromatic rings. The van der Waals surface area contributed by atoms with Gasteiger partial charge in [0.2, 0.25) is 10.0 Å². The third kappa shape index (κ3) is 3.34. The van der Waals surface area contributed by atoms with Gasteiger partial charge in [-0.1, -0.05) is 0 Å². The van der Waals surface area contributed by atoms with Crippen molar-refractivity contribution in [3.63, 3.8) is 0 Å². The van der Waals surface area contributed by atoms with Crippen molar-refractivity contribution in [1.29, 1.82) is 0 Å². The molecule has 2 rings (SSSR count). The average molecular weight is 291 g/mol. The quantitative estimate of drug-likeness (QED) is 0.885. The summed E-state index contributed by atoms with van der Waals surface area (Å²) in [6.45, 7) is 1.80. The van der Waals surface area contributed by atoms with E-state index >= 15 is 0 Å². The number of sulfonamides is 1. The van der Waals surface area contributed by atoms with Crippen LogP contribution >= 0.6 is 0 Å². The second-order valence-electron chi connectivity index (χ2n) is 4.40. The van der Waals surface area contributed by atoms with Gasteiger partial charge in [-0.25, -0.2) is 13.1 Å². The second kappa shape index (κ2) is 6.02. The van der Waals surface area contributed by atoms with Crippen molar-refractivity contribution in [2.75, 3.05) is 12.4 Å². The Kier molecular flexibility index (Phi) is 4.36. The van der Waals surface area contributed by atoms with Crippen molar-refractivity contribution in [1.82, 2.24) is 9.71 Å². The van der Waals surface area contributed by atoms with Gasteiger partial charge in [-0.3, -0.25) is 4.98 Å². The van der Waals surface area contributed by atoms with Gasteiger partial charge in [-0.2, -0.15) is 0 Å². The van der Waals surface area contributed by atoms with Gasteiger partial charge in [0.25, 0.3) is 0 Å². The standard InChI is InChI=1S/C14H17N3O2S/c1-11(12-7-9-16-10-8-12)17-20(18,19)14-5-3-13(15-2)4-6-14/h3-11,15,17H,1-2H3. The predicted molar refractivity (Wildman–Crippen MR) is 79.0 cm³/mol. The average Bonchev–Trinajstić information content (AvgIpc) is 2.48. The van der Waals surface area contributed by atoms with Crippen LogP contribution in [-0.2, 0) is 10.0 Å². The summed E-state index contributed by atoms with van der Waals surface area (Å²) in [6, 6.07) is 9.87. The third-order valence-electron chi connectivity index (χ3n) is 2.99. The number of nitrogens with one attached hydrogen (secondary N) is 2. The molecule has 106 valence electrons. The number of anilines is 1. The summed E-state index contributed by atoms with van der Waals surface area (Å²) >= 11 is 0. The van der Waals surface area contributed by atoms with Gasteiger partial charge in [-0.05, 0) is 48.9 Å². The molecule has 6 heteroatoms. The van der Waals surface area contributed by atoms with Crippen LogP contribution in [0.4, 0.5) is 5.69 Å². The van der Waals surface area contributed by atoms with Gasteiger partial charge in [0.1, 0.15) is 0 Å². The molecule has 0 radical (unpaired) electrons. The van der Waals surface area contributed by atoms with E-state index in [0.29, 0.717) is 0 Å². The molecule has 2 N–H and O–H groups in total. The van der Waals surface area contributed by atoms with Crippen LogP contribution in [0, 0.1) is 0 Å². The van der Waals surface area contributed by atoms with Crippen LogP contribution in [0.2, 0.25) is 0 Å². The Labute approximate surface area is 119 Å². The molecule has 1 unspecified atom stereocenters. The smallest absolute Gasteiger partial charge is 0.241 e. The molecule has 0 bridgehead atoms. The zero-order valence-electron chi connectivity index (χ0n) is 11.4. The van der Waals surface area contributed by atoms with Crippen LogP contribution in [-0.4, -0.2) is 20.4 Å². The molecule has 1 heterocycles. The molecule has 1 aromatic heterocycles. The fraction of sp³-hybridized carbons (Fsp3) is 0.214. The van der Waals surface area contributed by atoms with Gasteiger partial charge in [0.05, 0.1) is 4.90 Å². The lowest BCUT2D eigenvalue weighted by molar-refractivity contribution is 0.567. The largest absolute Gasteiger partial charge is 0.388 e. The van der Waals surface area contributed by atoms with E-state index in [-0.39, 0.29) is 10.9 Å². The van der Waals surface area contributed by atoms with Crippen LogP contribution in [0.5, 0.6) is 0 Å². The lowest BCUT2D eigenvalue weighted by Crippen LogP contribution is -2.26. The molecular weight excluding hydrogens is 274 g/mol. The molecule has 0 aliphatic rings. The Morgan fingerprint density at radius 1 is 1.05 bits per heavy atom. The van der Waals surface area contributed by atoms with Crippen molar-refractivity contribution in [3.8, 4) is 0 Å². The maximum absolute atomic E-state index is 12.3. The Bertz CT molecular complexity index is 655. The summed E-state index contributed by atoms with van der Waals surface area (Å²) in [7, 11) is -1.75. The van der Waals surface area contributed by atoms with E-state index < -0.39 is 10.0 Å². The van der Waals surface area contributed by atoms with E-state index in [1.54, 1.807) is 62.8 Å². The van der Waals surface area contributed by atoms with Crippen LogP contribution in [0.3, 0.4) is 0 Å². The van der Waals surface area contributed by atoms with Gasteiger partial charge in [-0.15, -0.1) is 0 Å². The molecule has 0 saturated carbocycles. The van der Waals surface area contributed by atoms with Gasteiger partial charge < -0.3 is 5.32 Å². The van der Waals surface area contributed by atoms with Crippen molar-refractivity contribution < 1.29 is 8.42 Å². The first-order chi connectivity index (χ1) is 9.53. The third-order valence-corrected chi connectivity index (χ3v) is 4.55. The summed E-state index contributed by atoms with van der Waals surface area (Å²) < 4.78 is 27.2. The van der Waals surface area contributed by atoms with Crippen molar-refractivity contribution in [2.24, 2.45) is 0 Å². The van der Waals surface area contributed by atoms with E-state index in [0.717, 1.165) is 11.3 Å². The zero-order valence-corrected chi connectivity index (χ0v) is 12.2. The summed E-state index contributed by atoms with van der Waals surface area (Å²) in [5, 5.41) is 2.95. The summed E-state index contributed by atoms with van der Waals surface area (Å²) in [5.41, 5.74) is 1.74. The van der Waals surface area contributed by atoms with E-state index in [1.807, 2.05) is 0 Å². The molecular formula is C14H17N3O2S. The zero-order chi connectivity index (χ0) is 14.6. The highest BCUT2D eigenvalue weighted by Gasteiger charge is 2.18. The van der Waals surface area contributed by atoms with Crippen molar-refractivity contribution in [2.45, 2.75) is 17.9 Å². The Morgan fingerprint density at radius 2 is 1.65 bits per heavy atom. The summed E-state index contributed by atoms with van der Waals surface area (Å²) in [6.07, 6.45) is 3.28. The number of aromatic nitrogens is 1. The highest BCUT2D eigenvalue weighted by atomic mass is 32.2. The fourth-order valence-electron chi connectivity index (χ4n) is 1.82. The summed E-state index contributed by atoms with van der Waals surface area (Å²) in [5.74, 6) is 0. The van der Waals surface area contributed by atoms with E-state index in [4.69, 9.17) is 0 Å². The minimum atomic E-state index is -3.53. The Hall–Kier alpha value is -1.92. The number of benzene rings is 1. The first-order valence-electron chi connectivity index (χ1n) is 6.23. The maximum Gasteiger partial charge on any atom is 0.241 e. The molecule has 5 nitrogen and oxygen atoms in total. The first kappa shape index (κ1) is 14.5. The first-order valence-corrected chi connectivity index (χ1v) is 7.71. The maximum atomic E-state index is 12.3. The minimum Gasteiger partial charge on any atom is -0.388 e. The summed E-state index contributed by atoms with van der Waals surface area (Å²) in [4.78, 5) is 4.16. The van der Waals surface area contributed by atoms with Gasteiger partial charge >= 0.3 is 0 Å². The van der Waals surface area contributed by atoms with Crippen LogP contribution < -0.4 is 10.0 Å². The molecule has 1 aromatic carbocycles. The number of pyridine rings is 1. The highest BCUT2D eigenvalue weighted by Crippen LogP contribution is 2.17. The monoisotopic (exact) mass is 291 g/mol. The normalized spacial score (nSPS) is 12.9. The highest BCUT2D eigenvalue weighted by molar-refractivity contribution is 7.89. The van der Waals surface area contributed by atoms with Crippen molar-refractivity contribution in [3.05, 3.63) is 54.4 Å². The molecule has 0 aliphatic carbocycles. The number of hydrogen-bond donors (Lipinski definition) is 2. The molecule has 0 aliphatic heterocycles. The molecule has 0 fully saturated rings. The number of rotatable bonds is 5. The Morgan fingerprint density at radius 3 is 2.20 bits per heavy atom. The molecule has 0 amide bonds. The lowest BCUT2D eigenvalue weighted by Gasteiger charge is -2.14. The van der Waals surface area contributed by atoms with Crippen molar-refractivity contribution >= 4 is 15.7 Å². The Balaban J connectivity index is 2.18. The topological polar surface area (TPSA) is 71.1 Å². The predicted octanol–water partition coefficient (Wildman–Crippen LogP) is 2.16. The van der Waals surface area contributed by atoms with E-state index in [1.165, 1.54) is 0 Å². The van der Waals surface area contributed by atoms with Crippen LogP contribution in [0.15, 0.2) is 53.7 Å². The lowest BCUT2D eigenvalue weighted by atomic mass is 10.1. The van der Waals surface area contributed by atoms with Crippen LogP contribution in [0.1, 0.15) is 18.5 Å². The van der Waals surface area contributed by atoms with Gasteiger partial charge in [0.15, 0.2) is 0 Å². The second-order valence-corrected chi connectivity index (χ2v) is 6.11. The van der Waals surface area contributed by atoms with E-state index in [2.05, 4.69) is 15.0 Å². The number of nitrogens with zero attached hydrogens (tertiary/aromatic N) is 1. The molecule has 20 heavy (non-hydrogen) atoms.